The summed E-state index contributed by atoms with van der Waals surface area (Å²) in [6, 6.07) is 13.0. The van der Waals surface area contributed by atoms with Crippen molar-refractivity contribution in [3.8, 4) is 11.4 Å². The number of ether oxygens (including phenoxy) is 1. The summed E-state index contributed by atoms with van der Waals surface area (Å²) in [5.74, 6) is 0.498. The molecule has 1 fully saturated rings. The average Bonchev–Trinajstić information content (AvgIpc) is 3.52. The number of anilines is 1. The number of aromatic nitrogens is 2. The number of aliphatic imine (C=N–C) groups is 1. The molecule has 0 unspecified atom stereocenters. The lowest BCUT2D eigenvalue weighted by atomic mass is 10.1. The minimum atomic E-state index is -0.182. The molecule has 148 valence electrons. The van der Waals surface area contributed by atoms with Gasteiger partial charge in [-0.15, -0.1) is 0 Å². The normalized spacial score (nSPS) is 14.1. The van der Waals surface area contributed by atoms with E-state index < -0.39 is 0 Å². The highest BCUT2D eigenvalue weighted by molar-refractivity contribution is 9.10. The Morgan fingerprint density at radius 2 is 2.10 bits per heavy atom. The highest BCUT2D eigenvalue weighted by Gasteiger charge is 2.20. The van der Waals surface area contributed by atoms with Crippen molar-refractivity contribution in [1.29, 1.82) is 0 Å². The van der Waals surface area contributed by atoms with Gasteiger partial charge in [0.05, 0.1) is 11.7 Å². The molecule has 1 aromatic carbocycles. The topological polar surface area (TPSA) is 82.5 Å². The van der Waals surface area contributed by atoms with E-state index in [2.05, 4.69) is 25.9 Å². The third kappa shape index (κ3) is 4.74. The number of nitrogens with two attached hydrogens (primary N) is 1. The van der Waals surface area contributed by atoms with Crippen molar-refractivity contribution in [2.45, 2.75) is 32.4 Å². The number of benzene rings is 1. The van der Waals surface area contributed by atoms with Crippen molar-refractivity contribution in [3.63, 3.8) is 0 Å². The molecule has 1 aliphatic rings. The van der Waals surface area contributed by atoms with Crippen LogP contribution in [0.2, 0.25) is 0 Å². The summed E-state index contributed by atoms with van der Waals surface area (Å²) in [7, 11) is 0. The fourth-order valence-corrected chi connectivity index (χ4v) is 3.20. The Morgan fingerprint density at radius 3 is 2.79 bits per heavy atom. The molecule has 0 radical (unpaired) electrons. The minimum absolute atomic E-state index is 0.182. The van der Waals surface area contributed by atoms with Crippen LogP contribution in [0.5, 0.6) is 5.75 Å². The molecule has 3 aromatic rings. The Labute approximate surface area is 177 Å². The molecular formula is C22H21BrN4O2. The summed E-state index contributed by atoms with van der Waals surface area (Å²) in [6.07, 6.45) is 5.68. The summed E-state index contributed by atoms with van der Waals surface area (Å²) in [4.78, 5) is 21.6. The number of rotatable bonds is 6. The molecule has 29 heavy (non-hydrogen) atoms. The SMILES string of the molecule is CC(=NC1CC1)c1cc(-n2ccc(OCc3ccc(Br)cn3)cc2=O)ccc1N. The number of hydrogen-bond acceptors (Lipinski definition) is 5. The zero-order valence-electron chi connectivity index (χ0n) is 16.0. The van der Waals surface area contributed by atoms with E-state index >= 15 is 0 Å². The summed E-state index contributed by atoms with van der Waals surface area (Å²) in [5.41, 5.74) is 9.90. The van der Waals surface area contributed by atoms with Gasteiger partial charge in [-0.25, -0.2) is 0 Å². The van der Waals surface area contributed by atoms with Crippen LogP contribution < -0.4 is 16.0 Å². The Kier molecular flexibility index (Phi) is 5.49. The molecule has 2 N–H and O–H groups in total. The molecule has 2 aromatic heterocycles. The quantitative estimate of drug-likeness (QED) is 0.450. The molecule has 0 amide bonds. The van der Waals surface area contributed by atoms with E-state index in [1.165, 1.54) is 6.07 Å². The number of nitrogens with zero attached hydrogens (tertiary/aromatic N) is 3. The van der Waals surface area contributed by atoms with E-state index in [1.807, 2.05) is 37.3 Å². The molecule has 0 atom stereocenters. The van der Waals surface area contributed by atoms with Gasteiger partial charge >= 0.3 is 0 Å². The molecule has 0 aliphatic heterocycles. The summed E-state index contributed by atoms with van der Waals surface area (Å²) in [5, 5.41) is 0. The van der Waals surface area contributed by atoms with Gasteiger partial charge in [-0.1, -0.05) is 0 Å². The van der Waals surface area contributed by atoms with Gasteiger partial charge in [-0.05, 0) is 72.1 Å². The average molecular weight is 453 g/mol. The van der Waals surface area contributed by atoms with Crippen LogP contribution >= 0.6 is 15.9 Å². The molecule has 0 spiro atoms. The molecule has 6 nitrogen and oxygen atoms in total. The fourth-order valence-electron chi connectivity index (χ4n) is 2.97. The van der Waals surface area contributed by atoms with E-state index in [4.69, 9.17) is 10.5 Å². The molecule has 4 rings (SSSR count). The second-order valence-corrected chi connectivity index (χ2v) is 7.96. The Morgan fingerprint density at radius 1 is 1.28 bits per heavy atom. The summed E-state index contributed by atoms with van der Waals surface area (Å²) < 4.78 is 8.18. The van der Waals surface area contributed by atoms with Crippen molar-refractivity contribution in [2.24, 2.45) is 4.99 Å². The lowest BCUT2D eigenvalue weighted by Crippen LogP contribution is -2.17. The summed E-state index contributed by atoms with van der Waals surface area (Å²) in [6.45, 7) is 2.25. The third-order valence-corrected chi connectivity index (χ3v) is 5.16. The standard InChI is InChI=1S/C22H21BrN4O2/c1-14(26-16-4-5-16)20-10-18(6-7-21(20)24)27-9-8-19(11-22(27)28)29-13-17-3-2-15(23)12-25-17/h2-3,6-12,16H,4-5,13,24H2,1H3. The number of hydrogen-bond donors (Lipinski definition) is 1. The highest BCUT2D eigenvalue weighted by Crippen LogP contribution is 2.26. The van der Waals surface area contributed by atoms with Crippen LogP contribution in [0.4, 0.5) is 5.69 Å². The fraction of sp³-hybridized carbons (Fsp3) is 0.227. The first-order chi connectivity index (χ1) is 14.0. The lowest BCUT2D eigenvalue weighted by Gasteiger charge is -2.12. The highest BCUT2D eigenvalue weighted by atomic mass is 79.9. The molecule has 2 heterocycles. The van der Waals surface area contributed by atoms with Gasteiger partial charge in [-0.2, -0.15) is 0 Å². The maximum absolute atomic E-state index is 12.6. The van der Waals surface area contributed by atoms with Crippen molar-refractivity contribution in [3.05, 3.63) is 80.9 Å². The van der Waals surface area contributed by atoms with Gasteiger partial charge < -0.3 is 10.5 Å². The first kappa shape index (κ1) is 19.4. The third-order valence-electron chi connectivity index (χ3n) is 4.69. The van der Waals surface area contributed by atoms with Crippen molar-refractivity contribution >= 4 is 27.3 Å². The predicted octanol–water partition coefficient (Wildman–Crippen LogP) is 4.13. The molecule has 1 aliphatic carbocycles. The Hall–Kier alpha value is -2.93. The van der Waals surface area contributed by atoms with E-state index in [0.29, 0.717) is 24.1 Å². The van der Waals surface area contributed by atoms with Crippen LogP contribution in [-0.2, 0) is 6.61 Å². The largest absolute Gasteiger partial charge is 0.487 e. The predicted molar refractivity (Wildman–Crippen MR) is 118 cm³/mol. The number of nitrogen functional groups attached to an aromatic ring is 1. The smallest absolute Gasteiger partial charge is 0.258 e. The zero-order chi connectivity index (χ0) is 20.4. The first-order valence-corrected chi connectivity index (χ1v) is 10.2. The lowest BCUT2D eigenvalue weighted by molar-refractivity contribution is 0.300. The molecule has 1 saturated carbocycles. The van der Waals surface area contributed by atoms with Gasteiger partial charge in [-0.3, -0.25) is 19.3 Å². The van der Waals surface area contributed by atoms with Gasteiger partial charge in [0.1, 0.15) is 12.4 Å². The molecule has 7 heteroatoms. The zero-order valence-corrected chi connectivity index (χ0v) is 17.6. The molecule has 0 saturated heterocycles. The second kappa shape index (κ2) is 8.21. The van der Waals surface area contributed by atoms with Gasteiger partial charge in [0.2, 0.25) is 0 Å². The van der Waals surface area contributed by atoms with E-state index in [1.54, 1.807) is 23.0 Å². The van der Waals surface area contributed by atoms with Crippen LogP contribution in [0.3, 0.4) is 0 Å². The maximum atomic E-state index is 12.6. The molecule has 0 bridgehead atoms. The summed E-state index contributed by atoms with van der Waals surface area (Å²) >= 11 is 3.35. The van der Waals surface area contributed by atoms with Crippen LogP contribution in [0.1, 0.15) is 31.0 Å². The maximum Gasteiger partial charge on any atom is 0.258 e. The first-order valence-electron chi connectivity index (χ1n) is 9.40. The minimum Gasteiger partial charge on any atom is -0.487 e. The van der Waals surface area contributed by atoms with Crippen LogP contribution in [0.15, 0.2) is 69.1 Å². The number of pyridine rings is 2. The van der Waals surface area contributed by atoms with Crippen molar-refractivity contribution in [2.75, 3.05) is 5.73 Å². The van der Waals surface area contributed by atoms with Gasteiger partial charge in [0, 0.05) is 45.6 Å². The second-order valence-electron chi connectivity index (χ2n) is 7.04. The van der Waals surface area contributed by atoms with E-state index in [0.717, 1.165) is 40.0 Å². The van der Waals surface area contributed by atoms with E-state index in [9.17, 15) is 4.79 Å². The van der Waals surface area contributed by atoms with E-state index in [-0.39, 0.29) is 5.56 Å². The monoisotopic (exact) mass is 452 g/mol. The number of halogens is 1. The van der Waals surface area contributed by atoms with Gasteiger partial charge in [0.15, 0.2) is 0 Å². The Bertz CT molecular complexity index is 1120. The molecular weight excluding hydrogens is 432 g/mol. The van der Waals surface area contributed by atoms with Crippen LogP contribution in [0, 0.1) is 0 Å². The van der Waals surface area contributed by atoms with Crippen LogP contribution in [0.25, 0.3) is 5.69 Å². The Balaban J connectivity index is 1.54. The van der Waals surface area contributed by atoms with Crippen molar-refractivity contribution < 1.29 is 4.74 Å². The van der Waals surface area contributed by atoms with Crippen LogP contribution in [-0.4, -0.2) is 21.3 Å². The van der Waals surface area contributed by atoms with Gasteiger partial charge in [0.25, 0.3) is 5.56 Å². The van der Waals surface area contributed by atoms with Crippen molar-refractivity contribution in [1.82, 2.24) is 9.55 Å².